The number of nitrogens with zero attached hydrogens (tertiary/aromatic N) is 2. The molecule has 11 heteroatoms. The Morgan fingerprint density at radius 1 is 1.27 bits per heavy atom. The van der Waals surface area contributed by atoms with Crippen LogP contribution in [0.2, 0.25) is 19.1 Å². The number of pyridine rings is 1. The van der Waals surface area contributed by atoms with Crippen molar-refractivity contribution < 1.29 is 27.8 Å². The Morgan fingerprint density at radius 2 is 2.05 bits per heavy atom. The molecule has 2 aromatic heterocycles. The Bertz CT molecular complexity index is 1250. The molecule has 0 radical (unpaired) electrons. The van der Waals surface area contributed by atoms with Gasteiger partial charge in [-0.3, -0.25) is 0 Å². The van der Waals surface area contributed by atoms with E-state index in [1.165, 1.54) is 12.1 Å². The van der Waals surface area contributed by atoms with Crippen molar-refractivity contribution >= 4 is 31.5 Å². The third-order valence-corrected chi connectivity index (χ3v) is 7.53. The molecule has 1 aliphatic rings. The van der Waals surface area contributed by atoms with E-state index in [9.17, 15) is 13.6 Å². The smallest absolute Gasteiger partial charge is 0.319 e. The molecule has 1 aliphatic heterocycles. The number of hydrogen-bond donors (Lipinski definition) is 2. The summed E-state index contributed by atoms with van der Waals surface area (Å²) in [6.07, 6.45) is 3.64. The Labute approximate surface area is 216 Å². The van der Waals surface area contributed by atoms with Crippen molar-refractivity contribution in [2.24, 2.45) is 0 Å². The van der Waals surface area contributed by atoms with E-state index in [1.807, 2.05) is 10.8 Å². The van der Waals surface area contributed by atoms with Crippen LogP contribution in [0.25, 0.3) is 11.0 Å². The molecule has 0 unspecified atom stereocenters. The second kappa shape index (κ2) is 11.6. The molecule has 0 saturated carbocycles. The van der Waals surface area contributed by atoms with E-state index in [0.29, 0.717) is 24.7 Å². The van der Waals surface area contributed by atoms with E-state index in [1.54, 1.807) is 12.3 Å². The van der Waals surface area contributed by atoms with Crippen molar-refractivity contribution in [3.63, 3.8) is 0 Å². The number of alkyl halides is 1. The summed E-state index contributed by atoms with van der Waals surface area (Å²) in [4.78, 5) is 16.6. The Kier molecular flexibility index (Phi) is 8.45. The highest BCUT2D eigenvalue weighted by atomic mass is 28.3. The van der Waals surface area contributed by atoms with E-state index in [4.69, 9.17) is 14.2 Å². The number of aromatic nitrogens is 2. The van der Waals surface area contributed by atoms with Gasteiger partial charge in [-0.2, -0.15) is 0 Å². The molecule has 1 aromatic carbocycles. The predicted octanol–water partition coefficient (Wildman–Crippen LogP) is 5.41. The number of fused-ring (bicyclic) bond motifs is 1. The fourth-order valence-electron chi connectivity index (χ4n) is 3.94. The molecule has 0 atom stereocenters. The molecule has 200 valence electrons. The van der Waals surface area contributed by atoms with Crippen LogP contribution in [-0.2, 0) is 16.2 Å². The standard InChI is InChI=1S/C26H34F2N4O4Si/c1-17(2)19-12-32(16-34-9-10-37(3)4)24-23(19)22(7-8-29-24)36-21-6-5-18(11-20(21)27)31-25(33)30-13-26(28)14-35-15-26/h5-8,11-12,17,37H,9-10,13-16H2,1-4H3,(H2,30,31,33). The molecule has 2 amide bonds. The lowest BCUT2D eigenvalue weighted by molar-refractivity contribution is -0.125. The summed E-state index contributed by atoms with van der Waals surface area (Å²) in [6.45, 7) is 9.56. The number of nitrogens with one attached hydrogen (secondary N) is 2. The lowest BCUT2D eigenvalue weighted by Gasteiger charge is -2.33. The van der Waals surface area contributed by atoms with Gasteiger partial charge in [0, 0.05) is 39.6 Å². The van der Waals surface area contributed by atoms with Crippen LogP contribution in [0.4, 0.5) is 19.3 Å². The summed E-state index contributed by atoms with van der Waals surface area (Å²) in [5.41, 5.74) is 0.403. The van der Waals surface area contributed by atoms with Gasteiger partial charge in [0.05, 0.1) is 25.1 Å². The van der Waals surface area contributed by atoms with E-state index >= 15 is 0 Å². The summed E-state index contributed by atoms with van der Waals surface area (Å²) in [5.74, 6) is 0.0239. The molecule has 37 heavy (non-hydrogen) atoms. The number of urea groups is 1. The quantitative estimate of drug-likeness (QED) is 0.255. The third kappa shape index (κ3) is 6.65. The SMILES string of the molecule is CC(C)c1cn(COCC[SiH](C)C)c2nccc(Oc3ccc(NC(=O)NCC4(F)COC4)cc3F)c12. The van der Waals surface area contributed by atoms with Gasteiger partial charge in [-0.15, -0.1) is 0 Å². The van der Waals surface area contributed by atoms with Crippen molar-refractivity contribution in [2.75, 3.05) is 31.7 Å². The van der Waals surface area contributed by atoms with Gasteiger partial charge in [0.15, 0.2) is 17.2 Å². The molecule has 1 saturated heterocycles. The van der Waals surface area contributed by atoms with Crippen LogP contribution in [-0.4, -0.2) is 56.4 Å². The molecular formula is C26H34F2N4O4Si. The predicted molar refractivity (Wildman–Crippen MR) is 142 cm³/mol. The van der Waals surface area contributed by atoms with Crippen LogP contribution in [0, 0.1) is 5.82 Å². The van der Waals surface area contributed by atoms with Crippen LogP contribution < -0.4 is 15.4 Å². The largest absolute Gasteiger partial charge is 0.453 e. The van der Waals surface area contributed by atoms with Gasteiger partial charge in [0.1, 0.15) is 18.1 Å². The zero-order chi connectivity index (χ0) is 26.6. The minimum absolute atomic E-state index is 0.00776. The number of hydrogen-bond acceptors (Lipinski definition) is 5. The molecule has 0 aliphatic carbocycles. The van der Waals surface area contributed by atoms with Crippen LogP contribution >= 0.6 is 0 Å². The van der Waals surface area contributed by atoms with Gasteiger partial charge in [-0.05, 0) is 35.7 Å². The van der Waals surface area contributed by atoms with Crippen LogP contribution in [0.1, 0.15) is 25.3 Å². The van der Waals surface area contributed by atoms with Crippen molar-refractivity contribution in [1.82, 2.24) is 14.9 Å². The minimum Gasteiger partial charge on any atom is -0.453 e. The van der Waals surface area contributed by atoms with Crippen LogP contribution in [0.3, 0.4) is 0 Å². The zero-order valence-corrected chi connectivity index (χ0v) is 22.8. The van der Waals surface area contributed by atoms with E-state index < -0.39 is 26.3 Å². The summed E-state index contributed by atoms with van der Waals surface area (Å²) in [5, 5.41) is 5.74. The zero-order valence-electron chi connectivity index (χ0n) is 21.6. The van der Waals surface area contributed by atoms with Crippen molar-refractivity contribution in [2.45, 2.75) is 51.3 Å². The highest BCUT2D eigenvalue weighted by Gasteiger charge is 2.39. The number of carbonyl (C=O) groups excluding carboxylic acids is 1. The fourth-order valence-corrected chi connectivity index (χ4v) is 4.58. The Morgan fingerprint density at radius 3 is 2.70 bits per heavy atom. The molecule has 0 spiro atoms. The van der Waals surface area contributed by atoms with Gasteiger partial charge in [0.2, 0.25) is 0 Å². The average molecular weight is 533 g/mol. The lowest BCUT2D eigenvalue weighted by atomic mass is 10.0. The lowest BCUT2D eigenvalue weighted by Crippen LogP contribution is -2.54. The number of benzene rings is 1. The maximum absolute atomic E-state index is 14.9. The van der Waals surface area contributed by atoms with Gasteiger partial charge in [-0.25, -0.2) is 18.6 Å². The molecule has 0 bridgehead atoms. The number of rotatable bonds is 11. The summed E-state index contributed by atoms with van der Waals surface area (Å²) in [6, 6.07) is 6.31. The first-order chi connectivity index (χ1) is 17.6. The summed E-state index contributed by atoms with van der Waals surface area (Å²) < 4.78 is 47.6. The highest BCUT2D eigenvalue weighted by Crippen LogP contribution is 2.37. The van der Waals surface area contributed by atoms with Gasteiger partial charge < -0.3 is 29.4 Å². The van der Waals surface area contributed by atoms with Gasteiger partial charge in [-0.1, -0.05) is 26.9 Å². The normalized spacial score (nSPS) is 14.7. The molecule has 3 aromatic rings. The first kappa shape index (κ1) is 27.0. The highest BCUT2D eigenvalue weighted by molar-refractivity contribution is 6.55. The topological polar surface area (TPSA) is 86.6 Å². The third-order valence-electron chi connectivity index (χ3n) is 6.14. The number of ether oxygens (including phenoxy) is 3. The van der Waals surface area contributed by atoms with E-state index in [0.717, 1.165) is 23.1 Å². The first-order valence-electron chi connectivity index (χ1n) is 12.5. The van der Waals surface area contributed by atoms with E-state index in [2.05, 4.69) is 42.6 Å². The van der Waals surface area contributed by atoms with Crippen LogP contribution in [0.15, 0.2) is 36.7 Å². The van der Waals surface area contributed by atoms with Crippen molar-refractivity contribution in [1.29, 1.82) is 0 Å². The second-order valence-electron chi connectivity index (χ2n) is 10.1. The number of anilines is 1. The van der Waals surface area contributed by atoms with E-state index in [-0.39, 0.29) is 37.1 Å². The van der Waals surface area contributed by atoms with Crippen molar-refractivity contribution in [3.05, 3.63) is 48.0 Å². The number of amides is 2. The molecule has 3 heterocycles. The minimum atomic E-state index is -1.55. The number of carbonyl (C=O) groups is 1. The number of halogens is 2. The van der Waals surface area contributed by atoms with Gasteiger partial charge in [0.25, 0.3) is 0 Å². The maximum Gasteiger partial charge on any atom is 0.319 e. The Balaban J connectivity index is 1.48. The molecular weight excluding hydrogens is 498 g/mol. The Hall–Kier alpha value is -3.02. The maximum atomic E-state index is 14.9. The van der Waals surface area contributed by atoms with Crippen LogP contribution in [0.5, 0.6) is 11.5 Å². The average Bonchev–Trinajstić information content (AvgIpc) is 3.21. The molecule has 1 fully saturated rings. The fraction of sp³-hybridized carbons (Fsp3) is 0.462. The summed E-state index contributed by atoms with van der Waals surface area (Å²) >= 11 is 0. The van der Waals surface area contributed by atoms with Crippen molar-refractivity contribution in [3.8, 4) is 11.5 Å². The second-order valence-corrected chi connectivity index (χ2v) is 13.5. The first-order valence-corrected chi connectivity index (χ1v) is 15.6. The molecule has 4 rings (SSSR count). The monoisotopic (exact) mass is 532 g/mol. The van der Waals surface area contributed by atoms with Gasteiger partial charge >= 0.3 is 6.03 Å². The molecule has 8 nitrogen and oxygen atoms in total. The molecule has 2 N–H and O–H groups in total. The summed E-state index contributed by atoms with van der Waals surface area (Å²) in [7, 11) is -0.683.